The SMILES string of the molecule is COC(=O)CCS(=O)(=O)CC(C(=O)OC)c1ccccc1. The Labute approximate surface area is 124 Å². The lowest BCUT2D eigenvalue weighted by Gasteiger charge is -2.15. The molecule has 1 aromatic carbocycles. The molecule has 0 aromatic heterocycles. The average Bonchev–Trinajstić information content (AvgIpc) is 2.50. The van der Waals surface area contributed by atoms with E-state index in [9.17, 15) is 18.0 Å². The van der Waals surface area contributed by atoms with Gasteiger partial charge in [0.05, 0.1) is 38.1 Å². The molecule has 1 atom stereocenters. The lowest BCUT2D eigenvalue weighted by Crippen LogP contribution is -2.25. The Hall–Kier alpha value is -1.89. The molecule has 1 rings (SSSR count). The molecule has 0 radical (unpaired) electrons. The molecule has 0 spiro atoms. The molecule has 0 bridgehead atoms. The van der Waals surface area contributed by atoms with Crippen molar-refractivity contribution in [3.63, 3.8) is 0 Å². The van der Waals surface area contributed by atoms with E-state index in [4.69, 9.17) is 0 Å². The van der Waals surface area contributed by atoms with Crippen LogP contribution in [0.5, 0.6) is 0 Å². The largest absolute Gasteiger partial charge is 0.469 e. The normalized spacial score (nSPS) is 12.5. The van der Waals surface area contributed by atoms with Crippen molar-refractivity contribution in [1.82, 2.24) is 0 Å². The molecular weight excluding hydrogens is 296 g/mol. The molecule has 116 valence electrons. The van der Waals surface area contributed by atoms with Crippen molar-refractivity contribution in [2.24, 2.45) is 0 Å². The molecule has 0 aliphatic carbocycles. The Morgan fingerprint density at radius 2 is 1.71 bits per heavy atom. The molecule has 0 heterocycles. The smallest absolute Gasteiger partial charge is 0.314 e. The summed E-state index contributed by atoms with van der Waals surface area (Å²) in [5.74, 6) is -2.89. The molecule has 1 aromatic rings. The van der Waals surface area contributed by atoms with Crippen LogP contribution in [0.4, 0.5) is 0 Å². The number of ether oxygens (including phenoxy) is 2. The van der Waals surface area contributed by atoms with E-state index >= 15 is 0 Å². The fourth-order valence-corrected chi connectivity index (χ4v) is 3.29. The zero-order valence-corrected chi connectivity index (χ0v) is 12.8. The van der Waals surface area contributed by atoms with Crippen LogP contribution in [0.3, 0.4) is 0 Å². The highest BCUT2D eigenvalue weighted by Crippen LogP contribution is 2.20. The summed E-state index contributed by atoms with van der Waals surface area (Å²) in [4.78, 5) is 22.8. The fourth-order valence-electron chi connectivity index (χ4n) is 1.81. The highest BCUT2D eigenvalue weighted by atomic mass is 32.2. The molecule has 0 saturated heterocycles. The number of benzene rings is 1. The number of carbonyl (C=O) groups excluding carboxylic acids is 2. The molecule has 1 unspecified atom stereocenters. The van der Waals surface area contributed by atoms with Crippen molar-refractivity contribution in [2.45, 2.75) is 12.3 Å². The van der Waals surface area contributed by atoms with Gasteiger partial charge >= 0.3 is 11.9 Å². The van der Waals surface area contributed by atoms with Gasteiger partial charge in [-0.1, -0.05) is 30.3 Å². The highest BCUT2D eigenvalue weighted by Gasteiger charge is 2.28. The van der Waals surface area contributed by atoms with E-state index in [0.29, 0.717) is 5.56 Å². The summed E-state index contributed by atoms with van der Waals surface area (Å²) in [7, 11) is -1.19. The van der Waals surface area contributed by atoms with E-state index in [1.165, 1.54) is 14.2 Å². The van der Waals surface area contributed by atoms with E-state index in [2.05, 4.69) is 9.47 Å². The molecule has 0 amide bonds. The number of esters is 2. The minimum Gasteiger partial charge on any atom is -0.469 e. The first kappa shape index (κ1) is 17.2. The van der Waals surface area contributed by atoms with E-state index in [1.54, 1.807) is 30.3 Å². The van der Waals surface area contributed by atoms with Crippen LogP contribution in [-0.4, -0.2) is 46.1 Å². The molecule has 0 saturated carbocycles. The van der Waals surface area contributed by atoms with Gasteiger partial charge in [0.15, 0.2) is 9.84 Å². The van der Waals surface area contributed by atoms with Gasteiger partial charge in [-0.05, 0) is 5.56 Å². The second-order valence-electron chi connectivity index (χ2n) is 4.43. The van der Waals surface area contributed by atoms with Crippen LogP contribution >= 0.6 is 0 Å². The molecule has 7 heteroatoms. The molecule has 0 N–H and O–H groups in total. The Kier molecular flexibility index (Phi) is 6.36. The van der Waals surface area contributed by atoms with Crippen molar-refractivity contribution in [2.75, 3.05) is 25.7 Å². The van der Waals surface area contributed by atoms with Gasteiger partial charge in [0, 0.05) is 0 Å². The van der Waals surface area contributed by atoms with Gasteiger partial charge < -0.3 is 9.47 Å². The number of methoxy groups -OCH3 is 2. The maximum Gasteiger partial charge on any atom is 0.314 e. The van der Waals surface area contributed by atoms with Crippen molar-refractivity contribution in [3.05, 3.63) is 35.9 Å². The predicted molar refractivity (Wildman–Crippen MR) is 76.5 cm³/mol. The first-order valence-corrected chi connectivity index (χ1v) is 8.11. The monoisotopic (exact) mass is 314 g/mol. The van der Waals surface area contributed by atoms with Crippen LogP contribution in [0.1, 0.15) is 17.9 Å². The third-order valence-corrected chi connectivity index (χ3v) is 4.62. The van der Waals surface area contributed by atoms with Gasteiger partial charge in [-0.15, -0.1) is 0 Å². The topological polar surface area (TPSA) is 86.7 Å². The first-order chi connectivity index (χ1) is 9.89. The van der Waals surface area contributed by atoms with E-state index in [-0.39, 0.29) is 12.2 Å². The van der Waals surface area contributed by atoms with Gasteiger partial charge in [0.25, 0.3) is 0 Å². The van der Waals surface area contributed by atoms with Crippen LogP contribution in [0.2, 0.25) is 0 Å². The summed E-state index contributed by atoms with van der Waals surface area (Å²) in [5.41, 5.74) is 0.561. The lowest BCUT2D eigenvalue weighted by atomic mass is 10.0. The first-order valence-electron chi connectivity index (χ1n) is 6.29. The minimum atomic E-state index is -3.59. The van der Waals surface area contributed by atoms with Crippen LogP contribution in [0.15, 0.2) is 30.3 Å². The standard InChI is InChI=1S/C14H18O6S/c1-19-13(15)8-9-21(17,18)10-12(14(16)20-2)11-6-4-3-5-7-11/h3-7,12H,8-10H2,1-2H3. The summed E-state index contributed by atoms with van der Waals surface area (Å²) in [6, 6.07) is 8.52. The van der Waals surface area contributed by atoms with Gasteiger partial charge in [-0.3, -0.25) is 9.59 Å². The molecule has 6 nitrogen and oxygen atoms in total. The van der Waals surface area contributed by atoms with Crippen LogP contribution in [0.25, 0.3) is 0 Å². The van der Waals surface area contributed by atoms with Crippen LogP contribution < -0.4 is 0 Å². The molecule has 0 aliphatic rings. The summed E-state index contributed by atoms with van der Waals surface area (Å²) >= 11 is 0. The second-order valence-corrected chi connectivity index (χ2v) is 6.66. The maximum absolute atomic E-state index is 12.0. The average molecular weight is 314 g/mol. The Bertz CT molecular complexity index is 579. The summed E-state index contributed by atoms with van der Waals surface area (Å²) in [6.45, 7) is 0. The van der Waals surface area contributed by atoms with Gasteiger partial charge in [0.2, 0.25) is 0 Å². The Balaban J connectivity index is 2.87. The third kappa shape index (κ3) is 5.55. The summed E-state index contributed by atoms with van der Waals surface area (Å²) < 4.78 is 33.2. The van der Waals surface area contributed by atoms with Crippen molar-refractivity contribution in [1.29, 1.82) is 0 Å². The predicted octanol–water partition coefficient (Wildman–Crippen LogP) is 0.921. The lowest BCUT2D eigenvalue weighted by molar-refractivity contribution is -0.142. The van der Waals surface area contributed by atoms with Crippen LogP contribution in [-0.2, 0) is 28.9 Å². The quantitative estimate of drug-likeness (QED) is 0.696. The zero-order chi connectivity index (χ0) is 15.9. The third-order valence-electron chi connectivity index (χ3n) is 2.95. The fraction of sp³-hybridized carbons (Fsp3) is 0.429. The van der Waals surface area contributed by atoms with Gasteiger partial charge in [-0.25, -0.2) is 8.42 Å². The Morgan fingerprint density at radius 1 is 1.10 bits per heavy atom. The zero-order valence-electron chi connectivity index (χ0n) is 11.9. The number of rotatable bonds is 7. The van der Waals surface area contributed by atoms with Crippen molar-refractivity contribution >= 4 is 21.8 Å². The van der Waals surface area contributed by atoms with Crippen LogP contribution in [0, 0.1) is 0 Å². The molecule has 0 aliphatic heterocycles. The number of sulfone groups is 1. The summed E-state index contributed by atoms with van der Waals surface area (Å²) in [5, 5.41) is 0. The van der Waals surface area contributed by atoms with E-state index in [1.807, 2.05) is 0 Å². The maximum atomic E-state index is 12.0. The van der Waals surface area contributed by atoms with Crippen molar-refractivity contribution in [3.8, 4) is 0 Å². The molecule has 21 heavy (non-hydrogen) atoms. The van der Waals surface area contributed by atoms with E-state index < -0.39 is 33.4 Å². The van der Waals surface area contributed by atoms with Gasteiger partial charge in [0.1, 0.15) is 0 Å². The minimum absolute atomic E-state index is 0.235. The molecular formula is C14H18O6S. The van der Waals surface area contributed by atoms with Crippen molar-refractivity contribution < 1.29 is 27.5 Å². The molecule has 0 fully saturated rings. The number of carbonyl (C=O) groups is 2. The van der Waals surface area contributed by atoms with Gasteiger partial charge in [-0.2, -0.15) is 0 Å². The van der Waals surface area contributed by atoms with E-state index in [0.717, 1.165) is 0 Å². The second kappa shape index (κ2) is 7.78. The number of hydrogen-bond donors (Lipinski definition) is 0. The summed E-state index contributed by atoms with van der Waals surface area (Å²) in [6.07, 6.45) is -0.235. The Morgan fingerprint density at radius 3 is 2.24 bits per heavy atom. The number of hydrogen-bond acceptors (Lipinski definition) is 6. The highest BCUT2D eigenvalue weighted by molar-refractivity contribution is 7.91.